The number of fused-ring (bicyclic) bond motifs is 3. The second-order valence-corrected chi connectivity index (χ2v) is 5.65. The van der Waals surface area contributed by atoms with Gasteiger partial charge in [0.2, 0.25) is 0 Å². The van der Waals surface area contributed by atoms with Gasteiger partial charge >= 0.3 is 0 Å². The standard InChI is InChI=1S/C18H24N4O2/c1-19-8-11-24-12-9-22-17(7-10-23-2)21-16-13-20-15-6-4-3-5-14(15)18(16)22/h3-6,13,19H,7-12H2,1-2H3. The number of methoxy groups -OCH3 is 1. The van der Waals surface area contributed by atoms with Gasteiger partial charge in [0.15, 0.2) is 0 Å². The predicted octanol–water partition coefficient (Wildman–Crippen LogP) is 2.01. The van der Waals surface area contributed by atoms with E-state index in [0.717, 1.165) is 47.3 Å². The van der Waals surface area contributed by atoms with E-state index in [4.69, 9.17) is 14.5 Å². The third kappa shape index (κ3) is 3.56. The van der Waals surface area contributed by atoms with Crippen LogP contribution in [0.4, 0.5) is 0 Å². The molecule has 1 N–H and O–H groups in total. The third-order valence-corrected chi connectivity index (χ3v) is 4.04. The minimum Gasteiger partial charge on any atom is -0.384 e. The Kier molecular flexibility index (Phi) is 5.74. The molecule has 0 aliphatic heterocycles. The van der Waals surface area contributed by atoms with Crippen LogP contribution in [0.15, 0.2) is 30.5 Å². The van der Waals surface area contributed by atoms with Gasteiger partial charge in [-0.15, -0.1) is 0 Å². The van der Waals surface area contributed by atoms with Crippen LogP contribution < -0.4 is 5.32 Å². The summed E-state index contributed by atoms with van der Waals surface area (Å²) in [4.78, 5) is 9.29. The molecule has 6 nitrogen and oxygen atoms in total. The molecule has 0 unspecified atom stereocenters. The molecule has 3 rings (SSSR count). The van der Waals surface area contributed by atoms with Crippen molar-refractivity contribution in [2.45, 2.75) is 13.0 Å². The van der Waals surface area contributed by atoms with Crippen molar-refractivity contribution < 1.29 is 9.47 Å². The smallest absolute Gasteiger partial charge is 0.112 e. The average Bonchev–Trinajstić information content (AvgIpc) is 2.98. The fourth-order valence-electron chi connectivity index (χ4n) is 2.87. The van der Waals surface area contributed by atoms with Gasteiger partial charge in [0, 0.05) is 32.0 Å². The van der Waals surface area contributed by atoms with E-state index in [9.17, 15) is 0 Å². The Labute approximate surface area is 141 Å². The second kappa shape index (κ2) is 8.19. The first-order chi connectivity index (χ1) is 11.8. The Hall–Kier alpha value is -2.02. The Morgan fingerprint density at radius 3 is 2.83 bits per heavy atom. The molecule has 0 fully saturated rings. The van der Waals surface area contributed by atoms with E-state index in [1.54, 1.807) is 7.11 Å². The molecule has 0 spiro atoms. The maximum absolute atomic E-state index is 5.71. The molecule has 3 aromatic rings. The molecule has 0 atom stereocenters. The van der Waals surface area contributed by atoms with Gasteiger partial charge in [-0.05, 0) is 13.1 Å². The number of nitrogens with one attached hydrogen (secondary N) is 1. The maximum Gasteiger partial charge on any atom is 0.112 e. The minimum atomic E-state index is 0.648. The lowest BCUT2D eigenvalue weighted by molar-refractivity contribution is 0.129. The molecule has 1 aromatic carbocycles. The van der Waals surface area contributed by atoms with Gasteiger partial charge in [0.25, 0.3) is 0 Å². The van der Waals surface area contributed by atoms with E-state index >= 15 is 0 Å². The summed E-state index contributed by atoms with van der Waals surface area (Å²) < 4.78 is 13.2. The predicted molar refractivity (Wildman–Crippen MR) is 95.4 cm³/mol. The Bertz CT molecular complexity index is 800. The molecule has 24 heavy (non-hydrogen) atoms. The van der Waals surface area contributed by atoms with Crippen LogP contribution >= 0.6 is 0 Å². The zero-order chi connectivity index (χ0) is 16.8. The van der Waals surface area contributed by atoms with Gasteiger partial charge in [-0.2, -0.15) is 0 Å². The van der Waals surface area contributed by atoms with Gasteiger partial charge in [-0.25, -0.2) is 4.98 Å². The highest BCUT2D eigenvalue weighted by molar-refractivity contribution is 6.02. The van der Waals surface area contributed by atoms with Gasteiger partial charge in [0.1, 0.15) is 11.3 Å². The van der Waals surface area contributed by atoms with Crippen molar-refractivity contribution in [3.63, 3.8) is 0 Å². The highest BCUT2D eigenvalue weighted by atomic mass is 16.5. The van der Waals surface area contributed by atoms with E-state index in [1.165, 1.54) is 0 Å². The van der Waals surface area contributed by atoms with E-state index in [0.29, 0.717) is 19.8 Å². The minimum absolute atomic E-state index is 0.648. The molecule has 128 valence electrons. The van der Waals surface area contributed by atoms with Gasteiger partial charge < -0.3 is 19.4 Å². The van der Waals surface area contributed by atoms with Crippen molar-refractivity contribution in [3.8, 4) is 0 Å². The van der Waals surface area contributed by atoms with Crippen molar-refractivity contribution in [1.29, 1.82) is 0 Å². The normalized spacial score (nSPS) is 11.6. The number of aromatic nitrogens is 3. The number of imidazole rings is 1. The van der Waals surface area contributed by atoms with Gasteiger partial charge in [0.05, 0.1) is 37.1 Å². The molecule has 2 aromatic heterocycles. The van der Waals surface area contributed by atoms with Crippen LogP contribution in [-0.4, -0.2) is 55.1 Å². The number of benzene rings is 1. The number of para-hydroxylation sites is 1. The zero-order valence-corrected chi connectivity index (χ0v) is 14.3. The highest BCUT2D eigenvalue weighted by Gasteiger charge is 2.14. The van der Waals surface area contributed by atoms with Crippen LogP contribution in [0.2, 0.25) is 0 Å². The lowest BCUT2D eigenvalue weighted by atomic mass is 10.2. The zero-order valence-electron chi connectivity index (χ0n) is 14.3. The fraction of sp³-hybridized carbons (Fsp3) is 0.444. The molecule has 0 saturated carbocycles. The molecule has 0 bridgehead atoms. The number of pyridine rings is 1. The van der Waals surface area contributed by atoms with E-state index in [-0.39, 0.29) is 0 Å². The van der Waals surface area contributed by atoms with Crippen molar-refractivity contribution in [3.05, 3.63) is 36.3 Å². The second-order valence-electron chi connectivity index (χ2n) is 5.65. The number of rotatable bonds is 9. The number of ether oxygens (including phenoxy) is 2. The summed E-state index contributed by atoms with van der Waals surface area (Å²) in [6.07, 6.45) is 2.63. The summed E-state index contributed by atoms with van der Waals surface area (Å²) in [6, 6.07) is 8.18. The Morgan fingerprint density at radius 2 is 2.00 bits per heavy atom. The molecule has 0 amide bonds. The van der Waals surface area contributed by atoms with Gasteiger partial charge in [-0.1, -0.05) is 18.2 Å². The summed E-state index contributed by atoms with van der Waals surface area (Å²) in [7, 11) is 3.64. The molecule has 2 heterocycles. The van der Waals surface area contributed by atoms with E-state index in [1.807, 2.05) is 31.4 Å². The van der Waals surface area contributed by atoms with Crippen LogP contribution in [0.25, 0.3) is 21.9 Å². The Morgan fingerprint density at radius 1 is 1.12 bits per heavy atom. The third-order valence-electron chi connectivity index (χ3n) is 4.04. The first-order valence-corrected chi connectivity index (χ1v) is 8.29. The summed E-state index contributed by atoms with van der Waals surface area (Å²) in [5.41, 5.74) is 3.04. The van der Waals surface area contributed by atoms with Gasteiger partial charge in [-0.3, -0.25) is 4.98 Å². The molecule has 0 aliphatic rings. The number of nitrogens with zero attached hydrogens (tertiary/aromatic N) is 3. The van der Waals surface area contributed by atoms with Crippen LogP contribution in [-0.2, 0) is 22.4 Å². The van der Waals surface area contributed by atoms with Crippen molar-refractivity contribution in [2.24, 2.45) is 0 Å². The van der Waals surface area contributed by atoms with Crippen LogP contribution in [0.1, 0.15) is 5.82 Å². The first kappa shape index (κ1) is 16.8. The van der Waals surface area contributed by atoms with Crippen LogP contribution in [0.5, 0.6) is 0 Å². The largest absolute Gasteiger partial charge is 0.384 e. The number of likely N-dealkylation sites (N-methyl/N-ethyl adjacent to an activating group) is 1. The molecule has 0 aliphatic carbocycles. The molecule has 6 heteroatoms. The summed E-state index contributed by atoms with van der Waals surface area (Å²) in [6.45, 7) is 3.64. The maximum atomic E-state index is 5.71. The van der Waals surface area contributed by atoms with Crippen molar-refractivity contribution in [1.82, 2.24) is 19.9 Å². The monoisotopic (exact) mass is 328 g/mol. The molecule has 0 radical (unpaired) electrons. The van der Waals surface area contributed by atoms with Crippen LogP contribution in [0.3, 0.4) is 0 Å². The lowest BCUT2D eigenvalue weighted by Gasteiger charge is -2.11. The fourth-order valence-corrected chi connectivity index (χ4v) is 2.87. The quantitative estimate of drug-likeness (QED) is 0.609. The molecular formula is C18H24N4O2. The van der Waals surface area contributed by atoms with E-state index < -0.39 is 0 Å². The van der Waals surface area contributed by atoms with E-state index in [2.05, 4.69) is 20.9 Å². The Balaban J connectivity index is 1.95. The van der Waals surface area contributed by atoms with Crippen molar-refractivity contribution >= 4 is 21.9 Å². The summed E-state index contributed by atoms with van der Waals surface area (Å²) >= 11 is 0. The number of hydrogen-bond donors (Lipinski definition) is 1. The average molecular weight is 328 g/mol. The number of hydrogen-bond acceptors (Lipinski definition) is 5. The van der Waals surface area contributed by atoms with Crippen LogP contribution in [0, 0.1) is 0 Å². The molecular weight excluding hydrogens is 304 g/mol. The van der Waals surface area contributed by atoms with Crippen molar-refractivity contribution in [2.75, 3.05) is 40.5 Å². The topological polar surface area (TPSA) is 61.2 Å². The highest BCUT2D eigenvalue weighted by Crippen LogP contribution is 2.24. The first-order valence-electron chi connectivity index (χ1n) is 8.29. The molecule has 0 saturated heterocycles. The summed E-state index contributed by atoms with van der Waals surface area (Å²) in [5.74, 6) is 1.02. The lowest BCUT2D eigenvalue weighted by Crippen LogP contribution is -2.17. The summed E-state index contributed by atoms with van der Waals surface area (Å²) in [5, 5.41) is 4.21. The SMILES string of the molecule is CNCCOCCn1c(CCOC)nc2cnc3ccccc3c21.